The third-order valence-electron chi connectivity index (χ3n) is 2.97. The molecule has 2 aromatic rings. The molecule has 0 saturated carbocycles. The van der Waals surface area contributed by atoms with Crippen molar-refractivity contribution in [2.45, 2.75) is 13.0 Å². The van der Waals surface area contributed by atoms with Crippen molar-refractivity contribution >= 4 is 16.9 Å². The highest BCUT2D eigenvalue weighted by Crippen LogP contribution is 2.16. The number of carbonyl (C=O) groups is 1. The van der Waals surface area contributed by atoms with Gasteiger partial charge in [0, 0.05) is 19.4 Å². The van der Waals surface area contributed by atoms with E-state index in [-0.39, 0.29) is 18.6 Å². The van der Waals surface area contributed by atoms with Crippen LogP contribution in [0.3, 0.4) is 0 Å². The van der Waals surface area contributed by atoms with Gasteiger partial charge in [0.2, 0.25) is 0 Å². The summed E-state index contributed by atoms with van der Waals surface area (Å²) in [7, 11) is 1.67. The molecular formula is C13H15N3O2. The molecule has 0 aliphatic carbocycles. The van der Waals surface area contributed by atoms with E-state index in [0.717, 1.165) is 0 Å². The summed E-state index contributed by atoms with van der Waals surface area (Å²) in [6, 6.07) is 5.08. The number of aromatic nitrogens is 2. The maximum absolute atomic E-state index is 12.3. The quantitative estimate of drug-likeness (QED) is 0.878. The zero-order valence-corrected chi connectivity index (χ0v) is 10.4. The predicted octanol–water partition coefficient (Wildman–Crippen LogP) is 1.08. The number of para-hydroxylation sites is 1. The Morgan fingerprint density at radius 3 is 2.83 bits per heavy atom. The summed E-state index contributed by atoms with van der Waals surface area (Å²) in [5.74, 6) is -0.164. The molecule has 18 heavy (non-hydrogen) atoms. The van der Waals surface area contributed by atoms with Crippen molar-refractivity contribution in [3.63, 3.8) is 0 Å². The monoisotopic (exact) mass is 245 g/mol. The van der Waals surface area contributed by atoms with Gasteiger partial charge in [0.1, 0.15) is 5.52 Å². The van der Waals surface area contributed by atoms with Crippen molar-refractivity contribution in [1.82, 2.24) is 14.9 Å². The zero-order valence-electron chi connectivity index (χ0n) is 10.4. The van der Waals surface area contributed by atoms with E-state index < -0.39 is 0 Å². The molecule has 0 saturated heterocycles. The molecule has 5 heteroatoms. The van der Waals surface area contributed by atoms with Crippen LogP contribution in [0, 0.1) is 0 Å². The SMILES string of the molecule is CC(CO)N(C)C(=O)c1cccc2nccnc12. The highest BCUT2D eigenvalue weighted by atomic mass is 16.3. The first-order valence-corrected chi connectivity index (χ1v) is 5.73. The molecule has 0 bridgehead atoms. The lowest BCUT2D eigenvalue weighted by molar-refractivity contribution is 0.0684. The summed E-state index contributed by atoms with van der Waals surface area (Å²) < 4.78 is 0. The minimum Gasteiger partial charge on any atom is -0.394 e. The van der Waals surface area contributed by atoms with Gasteiger partial charge < -0.3 is 10.0 Å². The second kappa shape index (κ2) is 5.10. The van der Waals surface area contributed by atoms with Gasteiger partial charge in [-0.3, -0.25) is 14.8 Å². The second-order valence-electron chi connectivity index (χ2n) is 4.18. The summed E-state index contributed by atoms with van der Waals surface area (Å²) in [4.78, 5) is 22.2. The third-order valence-corrected chi connectivity index (χ3v) is 2.97. The zero-order chi connectivity index (χ0) is 13.1. The lowest BCUT2D eigenvalue weighted by Gasteiger charge is -2.23. The largest absolute Gasteiger partial charge is 0.394 e. The third kappa shape index (κ3) is 2.17. The number of carbonyl (C=O) groups excluding carboxylic acids is 1. The number of nitrogens with zero attached hydrogens (tertiary/aromatic N) is 3. The van der Waals surface area contributed by atoms with Crippen molar-refractivity contribution in [2.24, 2.45) is 0 Å². The summed E-state index contributed by atoms with van der Waals surface area (Å²) in [6.07, 6.45) is 3.16. The molecule has 1 amide bonds. The van der Waals surface area contributed by atoms with Gasteiger partial charge in [-0.2, -0.15) is 0 Å². The average molecular weight is 245 g/mol. The van der Waals surface area contributed by atoms with E-state index in [1.807, 2.05) is 6.07 Å². The van der Waals surface area contributed by atoms with E-state index in [0.29, 0.717) is 16.6 Å². The Balaban J connectivity index is 2.45. The average Bonchev–Trinajstić information content (AvgIpc) is 2.44. The minimum atomic E-state index is -0.232. The first kappa shape index (κ1) is 12.4. The fourth-order valence-corrected chi connectivity index (χ4v) is 1.68. The van der Waals surface area contributed by atoms with Crippen molar-refractivity contribution in [1.29, 1.82) is 0 Å². The highest BCUT2D eigenvalue weighted by Gasteiger charge is 2.19. The molecule has 1 atom stereocenters. The van der Waals surface area contributed by atoms with Crippen LogP contribution in [-0.2, 0) is 0 Å². The van der Waals surface area contributed by atoms with Crippen LogP contribution in [0.1, 0.15) is 17.3 Å². The van der Waals surface area contributed by atoms with E-state index in [2.05, 4.69) is 9.97 Å². The lowest BCUT2D eigenvalue weighted by Crippen LogP contribution is -2.37. The molecule has 2 rings (SSSR count). The van der Waals surface area contributed by atoms with Crippen LogP contribution in [0.15, 0.2) is 30.6 Å². The molecule has 0 aliphatic heterocycles. The molecule has 1 heterocycles. The molecule has 5 nitrogen and oxygen atoms in total. The van der Waals surface area contributed by atoms with Gasteiger partial charge in [-0.1, -0.05) is 6.07 Å². The van der Waals surface area contributed by atoms with Gasteiger partial charge in [0.05, 0.1) is 23.7 Å². The molecule has 1 aromatic heterocycles. The van der Waals surface area contributed by atoms with E-state index >= 15 is 0 Å². The molecule has 94 valence electrons. The van der Waals surface area contributed by atoms with Crippen molar-refractivity contribution in [3.05, 3.63) is 36.2 Å². The number of amides is 1. The number of likely N-dealkylation sites (N-methyl/N-ethyl adjacent to an activating group) is 1. The fraction of sp³-hybridized carbons (Fsp3) is 0.308. The molecule has 0 radical (unpaired) electrons. The van der Waals surface area contributed by atoms with Crippen LogP contribution in [0.4, 0.5) is 0 Å². The summed E-state index contributed by atoms with van der Waals surface area (Å²) in [5, 5.41) is 9.09. The lowest BCUT2D eigenvalue weighted by atomic mass is 10.1. The van der Waals surface area contributed by atoms with Crippen LogP contribution < -0.4 is 0 Å². The Kier molecular flexibility index (Phi) is 3.53. The van der Waals surface area contributed by atoms with E-state index in [1.54, 1.807) is 38.5 Å². The van der Waals surface area contributed by atoms with Gasteiger partial charge >= 0.3 is 0 Å². The Morgan fingerprint density at radius 2 is 2.11 bits per heavy atom. The Morgan fingerprint density at radius 1 is 1.39 bits per heavy atom. The summed E-state index contributed by atoms with van der Waals surface area (Å²) in [5.41, 5.74) is 1.78. The number of hydrogen-bond donors (Lipinski definition) is 1. The number of aliphatic hydroxyl groups excluding tert-OH is 1. The Hall–Kier alpha value is -2.01. The standard InChI is InChI=1S/C13H15N3O2/c1-9(8-17)16(2)13(18)10-4-3-5-11-12(10)15-7-6-14-11/h3-7,9,17H,8H2,1-2H3. The van der Waals surface area contributed by atoms with Gasteiger partial charge in [0.25, 0.3) is 5.91 Å². The maximum Gasteiger partial charge on any atom is 0.256 e. The number of fused-ring (bicyclic) bond motifs is 1. The van der Waals surface area contributed by atoms with Gasteiger partial charge in [-0.15, -0.1) is 0 Å². The molecule has 0 aliphatic rings. The van der Waals surface area contributed by atoms with Crippen LogP contribution in [0.5, 0.6) is 0 Å². The molecule has 0 fully saturated rings. The Bertz CT molecular complexity index is 566. The first-order valence-electron chi connectivity index (χ1n) is 5.73. The number of rotatable bonds is 3. The van der Waals surface area contributed by atoms with Crippen LogP contribution in [-0.4, -0.2) is 45.6 Å². The molecule has 1 aromatic carbocycles. The second-order valence-corrected chi connectivity index (χ2v) is 4.18. The van der Waals surface area contributed by atoms with E-state index in [4.69, 9.17) is 5.11 Å². The molecule has 1 unspecified atom stereocenters. The number of benzene rings is 1. The van der Waals surface area contributed by atoms with E-state index in [1.165, 1.54) is 4.90 Å². The van der Waals surface area contributed by atoms with Crippen molar-refractivity contribution in [3.8, 4) is 0 Å². The topological polar surface area (TPSA) is 66.3 Å². The molecule has 0 spiro atoms. The van der Waals surface area contributed by atoms with E-state index in [9.17, 15) is 4.79 Å². The molecule has 1 N–H and O–H groups in total. The molecular weight excluding hydrogens is 230 g/mol. The minimum absolute atomic E-state index is 0.0707. The van der Waals surface area contributed by atoms with Gasteiger partial charge in [-0.25, -0.2) is 0 Å². The summed E-state index contributed by atoms with van der Waals surface area (Å²) >= 11 is 0. The van der Waals surface area contributed by atoms with Gasteiger partial charge in [0.15, 0.2) is 0 Å². The first-order chi connectivity index (χ1) is 8.65. The van der Waals surface area contributed by atoms with Crippen molar-refractivity contribution in [2.75, 3.05) is 13.7 Å². The smallest absolute Gasteiger partial charge is 0.256 e. The van der Waals surface area contributed by atoms with Crippen molar-refractivity contribution < 1.29 is 9.90 Å². The number of aliphatic hydroxyl groups is 1. The fourth-order valence-electron chi connectivity index (χ4n) is 1.68. The Labute approximate surface area is 105 Å². The van der Waals surface area contributed by atoms with Crippen LogP contribution in [0.25, 0.3) is 11.0 Å². The highest BCUT2D eigenvalue weighted by molar-refractivity contribution is 6.04. The predicted molar refractivity (Wildman–Crippen MR) is 68.2 cm³/mol. The van der Waals surface area contributed by atoms with Crippen LogP contribution >= 0.6 is 0 Å². The normalized spacial score (nSPS) is 12.4. The number of hydrogen-bond acceptors (Lipinski definition) is 4. The maximum atomic E-state index is 12.3. The van der Waals surface area contributed by atoms with Crippen LogP contribution in [0.2, 0.25) is 0 Å². The summed E-state index contributed by atoms with van der Waals surface area (Å²) in [6.45, 7) is 1.72. The van der Waals surface area contributed by atoms with Gasteiger partial charge in [-0.05, 0) is 19.1 Å².